The summed E-state index contributed by atoms with van der Waals surface area (Å²) in [6.07, 6.45) is 2.62. The predicted molar refractivity (Wildman–Crippen MR) is 76.4 cm³/mol. The highest BCUT2D eigenvalue weighted by Gasteiger charge is 2.21. The van der Waals surface area contributed by atoms with Crippen molar-refractivity contribution in [2.24, 2.45) is 11.8 Å². The van der Waals surface area contributed by atoms with Gasteiger partial charge in [-0.25, -0.2) is 5.84 Å². The number of hydrazine groups is 1. The predicted octanol–water partition coefficient (Wildman–Crippen LogP) is 1.93. The van der Waals surface area contributed by atoms with Crippen LogP contribution < -0.4 is 11.3 Å². The molecule has 1 aliphatic heterocycles. The quantitative estimate of drug-likeness (QED) is 0.504. The molecule has 4 nitrogen and oxygen atoms in total. The van der Waals surface area contributed by atoms with Crippen LogP contribution >= 0.6 is 11.6 Å². The summed E-state index contributed by atoms with van der Waals surface area (Å²) in [4.78, 5) is 13.6. The highest BCUT2D eigenvalue weighted by Crippen LogP contribution is 2.23. The lowest BCUT2D eigenvalue weighted by Crippen LogP contribution is -2.37. The highest BCUT2D eigenvalue weighted by molar-refractivity contribution is 6.31. The third-order valence-electron chi connectivity index (χ3n) is 3.69. The van der Waals surface area contributed by atoms with Crippen molar-refractivity contribution in [3.8, 4) is 0 Å². The van der Waals surface area contributed by atoms with Gasteiger partial charge in [-0.3, -0.25) is 15.1 Å². The molecule has 0 unspecified atom stereocenters. The van der Waals surface area contributed by atoms with Crippen molar-refractivity contribution in [3.63, 3.8) is 0 Å². The van der Waals surface area contributed by atoms with E-state index in [1.54, 1.807) is 0 Å². The molecule has 0 spiro atoms. The molecule has 0 atom stereocenters. The van der Waals surface area contributed by atoms with E-state index in [1.165, 1.54) is 5.56 Å². The second-order valence-electron chi connectivity index (χ2n) is 5.08. The third-order valence-corrected chi connectivity index (χ3v) is 4.06. The molecule has 1 aromatic rings. The Hall–Kier alpha value is -1.10. The zero-order valence-electron chi connectivity index (χ0n) is 10.9. The molecule has 1 heterocycles. The normalized spacial score (nSPS) is 17.4. The lowest BCUT2D eigenvalue weighted by Gasteiger charge is -2.31. The smallest absolute Gasteiger partial charge is 0.234 e. The largest absolute Gasteiger partial charge is 0.299 e. The number of amides is 1. The Morgan fingerprint density at radius 3 is 2.68 bits per heavy atom. The highest BCUT2D eigenvalue weighted by atomic mass is 35.5. The first kappa shape index (κ1) is 14.3. The van der Waals surface area contributed by atoms with E-state index in [4.69, 9.17) is 17.4 Å². The van der Waals surface area contributed by atoms with Crippen molar-refractivity contribution in [1.82, 2.24) is 10.3 Å². The van der Waals surface area contributed by atoms with Crippen LogP contribution in [0.25, 0.3) is 0 Å². The average Bonchev–Trinajstić information content (AvgIpc) is 2.43. The Morgan fingerprint density at radius 1 is 1.37 bits per heavy atom. The number of nitrogens with zero attached hydrogens (tertiary/aromatic N) is 1. The number of hydrogen-bond acceptors (Lipinski definition) is 3. The molecule has 0 radical (unpaired) electrons. The van der Waals surface area contributed by atoms with Gasteiger partial charge >= 0.3 is 0 Å². The van der Waals surface area contributed by atoms with E-state index in [2.05, 4.69) is 16.4 Å². The molecule has 19 heavy (non-hydrogen) atoms. The molecule has 0 saturated carbocycles. The molecule has 104 valence electrons. The van der Waals surface area contributed by atoms with E-state index < -0.39 is 0 Å². The summed E-state index contributed by atoms with van der Waals surface area (Å²) in [6, 6.07) is 7.95. The number of carbonyl (C=O) groups excluding carboxylic acids is 1. The SMILES string of the molecule is NNC(=O)CC1CCN(Cc2ccccc2Cl)CC1. The number of carbonyl (C=O) groups is 1. The molecule has 1 amide bonds. The van der Waals surface area contributed by atoms with Crippen molar-refractivity contribution in [2.75, 3.05) is 13.1 Å². The summed E-state index contributed by atoms with van der Waals surface area (Å²) in [7, 11) is 0. The van der Waals surface area contributed by atoms with Gasteiger partial charge in [0.25, 0.3) is 0 Å². The molecule has 1 fully saturated rings. The van der Waals surface area contributed by atoms with Crippen molar-refractivity contribution in [1.29, 1.82) is 0 Å². The van der Waals surface area contributed by atoms with Gasteiger partial charge in [0.1, 0.15) is 0 Å². The number of piperidine rings is 1. The number of halogens is 1. The van der Waals surface area contributed by atoms with E-state index in [1.807, 2.05) is 18.2 Å². The van der Waals surface area contributed by atoms with Crippen LogP contribution in [0.5, 0.6) is 0 Å². The van der Waals surface area contributed by atoms with Gasteiger partial charge in [-0.15, -0.1) is 0 Å². The van der Waals surface area contributed by atoms with E-state index in [9.17, 15) is 4.79 Å². The first-order valence-corrected chi connectivity index (χ1v) is 7.02. The maximum atomic E-state index is 11.2. The van der Waals surface area contributed by atoms with Gasteiger partial charge in [0, 0.05) is 18.0 Å². The third kappa shape index (κ3) is 4.20. The minimum Gasteiger partial charge on any atom is -0.299 e. The van der Waals surface area contributed by atoms with Crippen LogP contribution in [0.3, 0.4) is 0 Å². The lowest BCUT2D eigenvalue weighted by molar-refractivity contribution is -0.122. The average molecular weight is 282 g/mol. The molecule has 1 aliphatic rings. The van der Waals surface area contributed by atoms with Gasteiger partial charge < -0.3 is 0 Å². The summed E-state index contributed by atoms with van der Waals surface area (Å²) < 4.78 is 0. The lowest BCUT2D eigenvalue weighted by atomic mass is 9.93. The zero-order chi connectivity index (χ0) is 13.7. The maximum absolute atomic E-state index is 11.2. The number of benzene rings is 1. The fourth-order valence-electron chi connectivity index (χ4n) is 2.54. The Labute approximate surface area is 118 Å². The van der Waals surface area contributed by atoms with Crippen LogP contribution in [-0.4, -0.2) is 23.9 Å². The maximum Gasteiger partial charge on any atom is 0.234 e. The van der Waals surface area contributed by atoms with Crippen molar-refractivity contribution in [3.05, 3.63) is 34.9 Å². The van der Waals surface area contributed by atoms with Crippen LogP contribution in [-0.2, 0) is 11.3 Å². The van der Waals surface area contributed by atoms with Crippen molar-refractivity contribution < 1.29 is 4.79 Å². The van der Waals surface area contributed by atoms with E-state index in [0.717, 1.165) is 37.5 Å². The fourth-order valence-corrected chi connectivity index (χ4v) is 2.73. The van der Waals surface area contributed by atoms with Gasteiger partial charge in [-0.1, -0.05) is 29.8 Å². The van der Waals surface area contributed by atoms with Crippen LogP contribution in [0.1, 0.15) is 24.8 Å². The summed E-state index contributed by atoms with van der Waals surface area (Å²) in [5, 5.41) is 0.826. The monoisotopic (exact) mass is 281 g/mol. The van der Waals surface area contributed by atoms with Crippen LogP contribution in [0, 0.1) is 5.92 Å². The first-order valence-electron chi connectivity index (χ1n) is 6.64. The van der Waals surface area contributed by atoms with Gasteiger partial charge in [0.2, 0.25) is 5.91 Å². The molecule has 0 bridgehead atoms. The van der Waals surface area contributed by atoms with Crippen LogP contribution in [0.4, 0.5) is 0 Å². The Balaban J connectivity index is 1.81. The number of nitrogens with one attached hydrogen (secondary N) is 1. The fraction of sp³-hybridized carbons (Fsp3) is 0.500. The molecule has 1 saturated heterocycles. The second-order valence-corrected chi connectivity index (χ2v) is 5.49. The van der Waals surface area contributed by atoms with E-state index in [0.29, 0.717) is 12.3 Å². The topological polar surface area (TPSA) is 58.4 Å². The molecular formula is C14H20ClN3O. The van der Waals surface area contributed by atoms with Crippen molar-refractivity contribution in [2.45, 2.75) is 25.8 Å². The summed E-state index contributed by atoms with van der Waals surface area (Å²) in [6.45, 7) is 2.90. The molecule has 1 aromatic carbocycles. The summed E-state index contributed by atoms with van der Waals surface area (Å²) in [5.41, 5.74) is 3.37. The number of hydrogen-bond donors (Lipinski definition) is 2. The molecule has 0 aliphatic carbocycles. The molecule has 2 rings (SSSR count). The number of nitrogens with two attached hydrogens (primary N) is 1. The Morgan fingerprint density at radius 2 is 2.05 bits per heavy atom. The standard InChI is InChI=1S/C14H20ClN3O/c15-13-4-2-1-3-12(13)10-18-7-5-11(6-8-18)9-14(19)17-16/h1-4,11H,5-10,16H2,(H,17,19). The molecular weight excluding hydrogens is 262 g/mol. The number of rotatable bonds is 4. The van der Waals surface area contributed by atoms with Gasteiger partial charge in [0.05, 0.1) is 0 Å². The minimum absolute atomic E-state index is 0.0652. The zero-order valence-corrected chi connectivity index (χ0v) is 11.7. The van der Waals surface area contributed by atoms with Crippen LogP contribution in [0.15, 0.2) is 24.3 Å². The molecule has 3 N–H and O–H groups in total. The summed E-state index contributed by atoms with van der Waals surface area (Å²) >= 11 is 6.17. The Kier molecular flexibility index (Phi) is 5.19. The van der Waals surface area contributed by atoms with E-state index in [-0.39, 0.29) is 5.91 Å². The molecule has 0 aromatic heterocycles. The van der Waals surface area contributed by atoms with E-state index >= 15 is 0 Å². The first-order chi connectivity index (χ1) is 9.19. The van der Waals surface area contributed by atoms with Gasteiger partial charge in [0.15, 0.2) is 0 Å². The van der Waals surface area contributed by atoms with Crippen LogP contribution in [0.2, 0.25) is 5.02 Å². The second kappa shape index (κ2) is 6.89. The van der Waals surface area contributed by atoms with Gasteiger partial charge in [-0.2, -0.15) is 0 Å². The minimum atomic E-state index is -0.0652. The number of likely N-dealkylation sites (tertiary alicyclic amines) is 1. The molecule has 5 heteroatoms. The summed E-state index contributed by atoms with van der Waals surface area (Å²) in [5.74, 6) is 5.50. The van der Waals surface area contributed by atoms with Gasteiger partial charge in [-0.05, 0) is 43.5 Å². The Bertz CT molecular complexity index is 430. The van der Waals surface area contributed by atoms with Crippen molar-refractivity contribution >= 4 is 17.5 Å².